The van der Waals surface area contributed by atoms with E-state index < -0.39 is 0 Å². The molecule has 0 heterocycles. The molecule has 0 rings (SSSR count). The number of aliphatic hydroxyl groups is 1. The number of aliphatic hydroxyl groups excluding tert-OH is 1. The maximum atomic E-state index is 8.57. The van der Waals surface area contributed by atoms with E-state index in [1.54, 1.807) is 23.0 Å². The van der Waals surface area contributed by atoms with E-state index in [-0.39, 0.29) is 12.7 Å². The fraction of sp³-hybridized carbons (Fsp3) is 1.00. The molecule has 8 heavy (non-hydrogen) atoms. The van der Waals surface area contributed by atoms with Crippen LogP contribution in [0, 0.1) is 5.92 Å². The predicted octanol–water partition coefficient (Wildman–Crippen LogP) is 1.37. The van der Waals surface area contributed by atoms with Gasteiger partial charge in [0, 0.05) is 0 Å². The van der Waals surface area contributed by atoms with E-state index in [2.05, 4.69) is 0 Å². The van der Waals surface area contributed by atoms with E-state index in [0.717, 1.165) is 0 Å². The van der Waals surface area contributed by atoms with Gasteiger partial charge in [-0.1, -0.05) is 13.8 Å². The first kappa shape index (κ1) is 8.65. The van der Waals surface area contributed by atoms with Crippen molar-refractivity contribution in [3.8, 4) is 0 Å². The van der Waals surface area contributed by atoms with Crippen LogP contribution in [-0.4, -0.2) is 17.8 Å². The summed E-state index contributed by atoms with van der Waals surface area (Å²) in [5.74, 6) is 0.400. The van der Waals surface area contributed by atoms with E-state index in [0.29, 0.717) is 5.92 Å². The van der Waals surface area contributed by atoms with E-state index >= 15 is 0 Å². The molecule has 0 bridgehead atoms. The van der Waals surface area contributed by atoms with Crippen LogP contribution in [-0.2, 0) is 3.07 Å². The van der Waals surface area contributed by atoms with Crippen LogP contribution in [0.5, 0.6) is 0 Å². The van der Waals surface area contributed by atoms with Crippen LogP contribution in [0.3, 0.4) is 0 Å². The lowest BCUT2D eigenvalue weighted by molar-refractivity contribution is 0.118. The molecule has 0 amide bonds. The third-order valence-electron chi connectivity index (χ3n) is 1.04. The van der Waals surface area contributed by atoms with E-state index in [1.807, 2.05) is 13.8 Å². The zero-order valence-corrected chi connectivity index (χ0v) is 7.25. The van der Waals surface area contributed by atoms with E-state index in [9.17, 15) is 0 Å². The SMILES string of the molecule is CC(C)C(CO)OI. The highest BCUT2D eigenvalue weighted by Crippen LogP contribution is 2.08. The summed E-state index contributed by atoms with van der Waals surface area (Å²) >= 11 is 1.80. The van der Waals surface area contributed by atoms with Gasteiger partial charge in [-0.25, -0.2) is 0 Å². The highest BCUT2D eigenvalue weighted by Gasteiger charge is 2.09. The average Bonchev–Trinajstić information content (AvgIpc) is 1.69. The molecule has 0 aromatic carbocycles. The summed E-state index contributed by atoms with van der Waals surface area (Å²) in [5.41, 5.74) is 0. The number of halogens is 1. The summed E-state index contributed by atoms with van der Waals surface area (Å²) in [7, 11) is 0. The summed E-state index contributed by atoms with van der Waals surface area (Å²) in [5, 5.41) is 8.57. The van der Waals surface area contributed by atoms with Gasteiger partial charge in [0.15, 0.2) is 0 Å². The fourth-order valence-corrected chi connectivity index (χ4v) is 1.09. The monoisotopic (exact) mass is 230 g/mol. The van der Waals surface area contributed by atoms with Gasteiger partial charge in [-0.2, -0.15) is 0 Å². The zero-order chi connectivity index (χ0) is 6.57. The van der Waals surface area contributed by atoms with Crippen LogP contribution < -0.4 is 0 Å². The largest absolute Gasteiger partial charge is 0.394 e. The number of hydrogen-bond donors (Lipinski definition) is 1. The maximum Gasteiger partial charge on any atom is 0.110 e. The zero-order valence-electron chi connectivity index (χ0n) is 5.10. The summed E-state index contributed by atoms with van der Waals surface area (Å²) in [4.78, 5) is 0. The Morgan fingerprint density at radius 2 is 2.12 bits per heavy atom. The van der Waals surface area contributed by atoms with Crippen LogP contribution in [0.25, 0.3) is 0 Å². The Morgan fingerprint density at radius 3 is 2.12 bits per heavy atom. The van der Waals surface area contributed by atoms with Crippen molar-refractivity contribution < 1.29 is 8.17 Å². The average molecular weight is 230 g/mol. The van der Waals surface area contributed by atoms with Gasteiger partial charge in [-0.3, -0.25) is 0 Å². The molecular formula is C5H11IO2. The molecule has 0 aliphatic rings. The summed E-state index contributed by atoms with van der Waals surface area (Å²) < 4.78 is 4.88. The van der Waals surface area contributed by atoms with Crippen LogP contribution in [0.15, 0.2) is 0 Å². The first-order valence-electron chi connectivity index (χ1n) is 2.60. The van der Waals surface area contributed by atoms with Crippen molar-refractivity contribution in [1.29, 1.82) is 0 Å². The number of hydrogen-bond acceptors (Lipinski definition) is 2. The molecule has 0 spiro atoms. The Hall–Kier alpha value is 0.650. The van der Waals surface area contributed by atoms with Crippen molar-refractivity contribution in [3.63, 3.8) is 0 Å². The minimum Gasteiger partial charge on any atom is -0.394 e. The van der Waals surface area contributed by atoms with Crippen molar-refractivity contribution >= 4 is 23.0 Å². The highest BCUT2D eigenvalue weighted by molar-refractivity contribution is 14.1. The lowest BCUT2D eigenvalue weighted by atomic mass is 10.1. The topological polar surface area (TPSA) is 29.5 Å². The minimum atomic E-state index is -0.00407. The van der Waals surface area contributed by atoms with Gasteiger partial charge in [0.2, 0.25) is 0 Å². The highest BCUT2D eigenvalue weighted by atomic mass is 127. The molecule has 1 atom stereocenters. The summed E-state index contributed by atoms with van der Waals surface area (Å²) in [6, 6.07) is 0. The van der Waals surface area contributed by atoms with Crippen LogP contribution >= 0.6 is 23.0 Å². The number of rotatable bonds is 3. The molecule has 0 aliphatic carbocycles. The second-order valence-corrected chi connectivity index (χ2v) is 2.56. The van der Waals surface area contributed by atoms with Gasteiger partial charge in [-0.05, 0) is 5.92 Å². The molecule has 0 fully saturated rings. The van der Waals surface area contributed by atoms with Crippen molar-refractivity contribution in [2.75, 3.05) is 6.61 Å². The Bertz CT molecular complexity index is 52.4. The normalized spacial score (nSPS) is 14.6. The molecular weight excluding hydrogens is 219 g/mol. The van der Waals surface area contributed by atoms with E-state index in [4.69, 9.17) is 8.17 Å². The van der Waals surface area contributed by atoms with Crippen molar-refractivity contribution in [3.05, 3.63) is 0 Å². The standard InChI is InChI=1S/C5H11IO2/c1-4(2)5(3-7)8-6/h4-5,7H,3H2,1-2H3. The summed E-state index contributed by atoms with van der Waals surface area (Å²) in [6.45, 7) is 4.14. The smallest absolute Gasteiger partial charge is 0.110 e. The molecule has 2 nitrogen and oxygen atoms in total. The third kappa shape index (κ3) is 2.84. The first-order chi connectivity index (χ1) is 3.72. The molecule has 0 radical (unpaired) electrons. The Balaban J connectivity index is 3.35. The lowest BCUT2D eigenvalue weighted by Gasteiger charge is -2.13. The molecule has 0 aromatic heterocycles. The molecule has 50 valence electrons. The fourth-order valence-electron chi connectivity index (χ4n) is 0.342. The maximum absolute atomic E-state index is 8.57. The molecule has 0 saturated carbocycles. The molecule has 0 aliphatic heterocycles. The minimum absolute atomic E-state index is 0.00407. The quantitative estimate of drug-likeness (QED) is 0.742. The predicted molar refractivity (Wildman–Crippen MR) is 40.8 cm³/mol. The van der Waals surface area contributed by atoms with Gasteiger partial charge in [-0.15, -0.1) is 0 Å². The third-order valence-corrected chi connectivity index (χ3v) is 1.69. The van der Waals surface area contributed by atoms with Crippen LogP contribution in [0.4, 0.5) is 0 Å². The second kappa shape index (κ2) is 4.52. The van der Waals surface area contributed by atoms with Gasteiger partial charge >= 0.3 is 0 Å². The van der Waals surface area contributed by atoms with Crippen molar-refractivity contribution in [1.82, 2.24) is 0 Å². The summed E-state index contributed by atoms with van der Waals surface area (Å²) in [6.07, 6.45) is -0.00407. The molecule has 0 aromatic rings. The van der Waals surface area contributed by atoms with Gasteiger partial charge in [0.1, 0.15) is 23.0 Å². The van der Waals surface area contributed by atoms with Gasteiger partial charge in [0.05, 0.1) is 12.7 Å². The first-order valence-corrected chi connectivity index (χ1v) is 3.48. The molecule has 1 unspecified atom stereocenters. The molecule has 0 saturated heterocycles. The Labute approximate surface area is 63.9 Å². The van der Waals surface area contributed by atoms with Gasteiger partial charge in [0.25, 0.3) is 0 Å². The van der Waals surface area contributed by atoms with Crippen LogP contribution in [0.2, 0.25) is 0 Å². The Kier molecular flexibility index (Phi) is 4.89. The van der Waals surface area contributed by atoms with Gasteiger partial charge < -0.3 is 8.17 Å². The Morgan fingerprint density at radius 1 is 1.62 bits per heavy atom. The molecule has 3 heteroatoms. The van der Waals surface area contributed by atoms with Crippen LogP contribution in [0.1, 0.15) is 13.8 Å². The van der Waals surface area contributed by atoms with E-state index in [1.165, 1.54) is 0 Å². The lowest BCUT2D eigenvalue weighted by Crippen LogP contribution is -2.19. The second-order valence-electron chi connectivity index (χ2n) is 2.05. The van der Waals surface area contributed by atoms with Crippen molar-refractivity contribution in [2.24, 2.45) is 5.92 Å². The molecule has 1 N–H and O–H groups in total. The van der Waals surface area contributed by atoms with Crippen molar-refractivity contribution in [2.45, 2.75) is 20.0 Å².